The number of nitrogens with zero attached hydrogens (tertiary/aromatic N) is 1. The summed E-state index contributed by atoms with van der Waals surface area (Å²) in [6.45, 7) is 4.16. The summed E-state index contributed by atoms with van der Waals surface area (Å²) in [5, 5.41) is 6.26. The molecule has 0 unspecified atom stereocenters. The minimum Gasteiger partial charge on any atom is -0.490 e. The molecule has 1 amide bonds. The molecule has 6 nitrogen and oxygen atoms in total. The van der Waals surface area contributed by atoms with Gasteiger partial charge < -0.3 is 14.2 Å². The van der Waals surface area contributed by atoms with E-state index in [9.17, 15) is 4.79 Å². The van der Waals surface area contributed by atoms with Gasteiger partial charge in [-0.15, -0.1) is 0 Å². The van der Waals surface area contributed by atoms with Crippen LogP contribution in [0.2, 0.25) is 0 Å². The van der Waals surface area contributed by atoms with Crippen LogP contribution in [0, 0.1) is 0 Å². The maximum Gasteiger partial charge on any atom is 0.244 e. The number of hydrogen-bond acceptors (Lipinski definition) is 5. The van der Waals surface area contributed by atoms with Crippen LogP contribution in [0.4, 0.5) is 0 Å². The van der Waals surface area contributed by atoms with Crippen LogP contribution in [-0.4, -0.2) is 25.0 Å². The Morgan fingerprint density at radius 3 is 2.83 bits per heavy atom. The number of carbonyl (C=O) groups is 1. The lowest BCUT2D eigenvalue weighted by Crippen LogP contribution is -2.20. The first-order valence-electron chi connectivity index (χ1n) is 9.49. The summed E-state index contributed by atoms with van der Waals surface area (Å²) in [4.78, 5) is 12.3. The molecule has 0 fully saturated rings. The Bertz CT molecular complexity index is 1080. The van der Waals surface area contributed by atoms with Gasteiger partial charge >= 0.3 is 0 Å². The van der Waals surface area contributed by atoms with Gasteiger partial charge in [0.2, 0.25) is 12.7 Å². The van der Waals surface area contributed by atoms with Crippen molar-refractivity contribution in [2.75, 3.05) is 6.79 Å². The summed E-state index contributed by atoms with van der Waals surface area (Å²) in [5.41, 5.74) is 4.26. The fourth-order valence-electron chi connectivity index (χ4n) is 3.21. The van der Waals surface area contributed by atoms with Crippen molar-refractivity contribution in [1.29, 1.82) is 0 Å². The van der Waals surface area contributed by atoms with Crippen molar-refractivity contribution in [2.24, 2.45) is 5.10 Å². The highest BCUT2D eigenvalue weighted by molar-refractivity contribution is 6.02. The zero-order chi connectivity index (χ0) is 20.2. The molecular formula is C23H22N2O4. The second kappa shape index (κ2) is 8.22. The topological polar surface area (TPSA) is 69.2 Å². The second-order valence-corrected chi connectivity index (χ2v) is 7.02. The Morgan fingerprint density at radius 1 is 1.14 bits per heavy atom. The van der Waals surface area contributed by atoms with Crippen LogP contribution in [-0.2, 0) is 11.2 Å². The van der Waals surface area contributed by atoms with Gasteiger partial charge in [0, 0.05) is 5.56 Å². The molecule has 1 aliphatic heterocycles. The van der Waals surface area contributed by atoms with E-state index in [0.717, 1.165) is 27.6 Å². The summed E-state index contributed by atoms with van der Waals surface area (Å²) < 4.78 is 16.6. The number of rotatable bonds is 6. The summed E-state index contributed by atoms with van der Waals surface area (Å²) in [6.07, 6.45) is 1.86. The van der Waals surface area contributed by atoms with Crippen LogP contribution < -0.4 is 19.6 Å². The van der Waals surface area contributed by atoms with Gasteiger partial charge in [-0.1, -0.05) is 36.4 Å². The minimum atomic E-state index is -0.216. The Balaban J connectivity index is 1.49. The maximum atomic E-state index is 12.3. The fourth-order valence-corrected chi connectivity index (χ4v) is 3.21. The number of benzene rings is 3. The fraction of sp³-hybridized carbons (Fsp3) is 0.217. The van der Waals surface area contributed by atoms with Crippen LogP contribution in [0.25, 0.3) is 10.8 Å². The summed E-state index contributed by atoms with van der Waals surface area (Å²) in [6, 6.07) is 17.4. The summed E-state index contributed by atoms with van der Waals surface area (Å²) in [7, 11) is 0. The number of hydrazone groups is 1. The van der Waals surface area contributed by atoms with E-state index in [1.54, 1.807) is 12.3 Å². The Hall–Kier alpha value is -3.54. The molecule has 0 saturated heterocycles. The largest absolute Gasteiger partial charge is 0.490 e. The van der Waals surface area contributed by atoms with E-state index in [0.29, 0.717) is 11.5 Å². The molecule has 29 heavy (non-hydrogen) atoms. The van der Waals surface area contributed by atoms with Crippen molar-refractivity contribution < 1.29 is 19.0 Å². The molecule has 0 saturated carbocycles. The minimum absolute atomic E-state index is 0.0314. The third-order valence-corrected chi connectivity index (χ3v) is 4.48. The zero-order valence-electron chi connectivity index (χ0n) is 16.3. The van der Waals surface area contributed by atoms with Gasteiger partial charge in [0.1, 0.15) is 5.75 Å². The van der Waals surface area contributed by atoms with Crippen LogP contribution in [0.15, 0.2) is 59.7 Å². The van der Waals surface area contributed by atoms with Gasteiger partial charge in [-0.2, -0.15) is 5.10 Å². The predicted octanol–water partition coefficient (Wildman–Crippen LogP) is 4.05. The van der Waals surface area contributed by atoms with Crippen molar-refractivity contribution >= 4 is 22.9 Å². The highest BCUT2D eigenvalue weighted by atomic mass is 16.7. The molecule has 0 spiro atoms. The Kier molecular flexibility index (Phi) is 5.33. The zero-order valence-corrected chi connectivity index (χ0v) is 16.3. The first-order chi connectivity index (χ1) is 14.1. The molecule has 6 heteroatoms. The average molecular weight is 390 g/mol. The lowest BCUT2D eigenvalue weighted by atomic mass is 10.0. The molecule has 0 radical (unpaired) electrons. The van der Waals surface area contributed by atoms with Gasteiger partial charge in [-0.05, 0) is 48.4 Å². The monoisotopic (exact) mass is 390 g/mol. The van der Waals surface area contributed by atoms with Crippen molar-refractivity contribution in [3.05, 3.63) is 65.7 Å². The van der Waals surface area contributed by atoms with E-state index in [1.807, 2.05) is 62.4 Å². The summed E-state index contributed by atoms with van der Waals surface area (Å²) >= 11 is 0. The lowest BCUT2D eigenvalue weighted by molar-refractivity contribution is -0.120. The highest BCUT2D eigenvalue weighted by Gasteiger charge is 2.14. The molecule has 148 valence electrons. The Morgan fingerprint density at radius 2 is 1.97 bits per heavy atom. The number of carbonyl (C=O) groups excluding carboxylic acids is 1. The molecule has 0 aromatic heterocycles. The van der Waals surface area contributed by atoms with Gasteiger partial charge in [0.15, 0.2) is 11.5 Å². The van der Waals surface area contributed by atoms with E-state index in [1.165, 1.54) is 0 Å². The average Bonchev–Trinajstić information content (AvgIpc) is 3.17. The lowest BCUT2D eigenvalue weighted by Gasteiger charge is -2.14. The molecular weight excluding hydrogens is 368 g/mol. The molecule has 1 N–H and O–H groups in total. The van der Waals surface area contributed by atoms with E-state index in [-0.39, 0.29) is 25.2 Å². The Labute approximate surface area is 169 Å². The first kappa shape index (κ1) is 18.8. The quantitative estimate of drug-likeness (QED) is 0.509. The van der Waals surface area contributed by atoms with Gasteiger partial charge in [0.05, 0.1) is 18.7 Å². The normalized spacial score (nSPS) is 12.7. The molecule has 0 bridgehead atoms. The summed E-state index contributed by atoms with van der Waals surface area (Å²) in [5.74, 6) is 1.87. The van der Waals surface area contributed by atoms with Crippen molar-refractivity contribution in [3.63, 3.8) is 0 Å². The molecule has 1 aliphatic rings. The van der Waals surface area contributed by atoms with Crippen molar-refractivity contribution in [2.45, 2.75) is 26.4 Å². The predicted molar refractivity (Wildman–Crippen MR) is 112 cm³/mol. The maximum absolute atomic E-state index is 12.3. The molecule has 3 aromatic carbocycles. The van der Waals surface area contributed by atoms with E-state index in [2.05, 4.69) is 10.5 Å². The first-order valence-corrected chi connectivity index (χ1v) is 9.49. The molecule has 1 heterocycles. The number of hydrogen-bond donors (Lipinski definition) is 1. The van der Waals surface area contributed by atoms with Crippen LogP contribution in [0.5, 0.6) is 17.2 Å². The van der Waals surface area contributed by atoms with Crippen molar-refractivity contribution in [1.82, 2.24) is 5.43 Å². The number of ether oxygens (including phenoxy) is 3. The smallest absolute Gasteiger partial charge is 0.244 e. The van der Waals surface area contributed by atoms with Gasteiger partial charge in [-0.3, -0.25) is 4.79 Å². The third-order valence-electron chi connectivity index (χ3n) is 4.48. The van der Waals surface area contributed by atoms with Crippen LogP contribution in [0.3, 0.4) is 0 Å². The molecule has 3 aromatic rings. The van der Waals surface area contributed by atoms with E-state index in [4.69, 9.17) is 14.2 Å². The van der Waals surface area contributed by atoms with Gasteiger partial charge in [-0.25, -0.2) is 5.43 Å². The standard InChI is InChI=1S/C23H22N2O4/c1-15(2)29-20-10-8-17-5-3-4-6-18(17)19(20)13-24-25-23(26)12-16-7-9-21-22(11-16)28-14-27-21/h3-11,13,15H,12,14H2,1-2H3,(H,25,26)/b24-13-. The third kappa shape index (κ3) is 4.32. The molecule has 0 atom stereocenters. The number of fused-ring (bicyclic) bond motifs is 2. The SMILES string of the molecule is CC(C)Oc1ccc2ccccc2c1/C=N\NC(=O)Cc1ccc2c(c1)OCO2. The van der Waals surface area contributed by atoms with Crippen LogP contribution >= 0.6 is 0 Å². The highest BCUT2D eigenvalue weighted by Crippen LogP contribution is 2.32. The number of nitrogens with one attached hydrogen (secondary N) is 1. The van der Waals surface area contributed by atoms with Crippen LogP contribution in [0.1, 0.15) is 25.0 Å². The van der Waals surface area contributed by atoms with E-state index >= 15 is 0 Å². The molecule has 0 aliphatic carbocycles. The number of amides is 1. The molecule has 4 rings (SSSR count). The van der Waals surface area contributed by atoms with Crippen molar-refractivity contribution in [3.8, 4) is 17.2 Å². The van der Waals surface area contributed by atoms with Gasteiger partial charge in [0.25, 0.3) is 0 Å². The second-order valence-electron chi connectivity index (χ2n) is 7.02. The van der Waals surface area contributed by atoms with E-state index < -0.39 is 0 Å².